The molecule has 4 nitrogen and oxygen atoms in total. The highest BCUT2D eigenvalue weighted by atomic mass is 31.1. The molecule has 1 atom stereocenters. The van der Waals surface area contributed by atoms with Gasteiger partial charge < -0.3 is 0 Å². The molecule has 0 aromatic rings. The summed E-state index contributed by atoms with van der Waals surface area (Å²) < 4.78 is 40.0. The van der Waals surface area contributed by atoms with Crippen molar-refractivity contribution in [1.29, 1.82) is 0 Å². The molecule has 0 saturated carbocycles. The summed E-state index contributed by atoms with van der Waals surface area (Å²) in [6, 6.07) is 0. The molecule has 15 heavy (non-hydrogen) atoms. The summed E-state index contributed by atoms with van der Waals surface area (Å²) in [4.78, 5) is 19.0. The third-order valence-electron chi connectivity index (χ3n) is 1.75. The SMILES string of the molecule is CC(C)CCC(F)(F)C(=O)CO[P+](=O)O. The third kappa shape index (κ3) is 6.60. The number of rotatable bonds is 7. The average Bonchev–Trinajstić information content (AvgIpc) is 2.11. The zero-order valence-electron chi connectivity index (χ0n) is 8.57. The van der Waals surface area contributed by atoms with Gasteiger partial charge in [0.05, 0.1) is 0 Å². The minimum Gasteiger partial charge on any atom is -0.290 e. The van der Waals surface area contributed by atoms with Crippen LogP contribution in [-0.4, -0.2) is 23.2 Å². The second-order valence-corrected chi connectivity index (χ2v) is 4.31. The van der Waals surface area contributed by atoms with Crippen LogP contribution in [0.2, 0.25) is 0 Å². The van der Waals surface area contributed by atoms with Gasteiger partial charge in [-0.15, -0.1) is 9.42 Å². The molecule has 0 aromatic heterocycles. The fourth-order valence-electron chi connectivity index (χ4n) is 0.829. The van der Waals surface area contributed by atoms with Gasteiger partial charge in [-0.1, -0.05) is 13.8 Å². The van der Waals surface area contributed by atoms with Crippen molar-refractivity contribution in [2.24, 2.45) is 5.92 Å². The Bertz CT molecular complexity index is 243. The van der Waals surface area contributed by atoms with E-state index >= 15 is 0 Å². The van der Waals surface area contributed by atoms with Crippen molar-refractivity contribution in [2.45, 2.75) is 32.6 Å². The second kappa shape index (κ2) is 6.20. The van der Waals surface area contributed by atoms with Crippen molar-refractivity contribution in [3.63, 3.8) is 0 Å². The van der Waals surface area contributed by atoms with Gasteiger partial charge in [0.25, 0.3) is 0 Å². The molecule has 0 heterocycles. The number of Topliss-reactive ketones (excluding diaryl/α,β-unsaturated/α-hetero) is 1. The summed E-state index contributed by atoms with van der Waals surface area (Å²) in [6.45, 7) is 2.50. The minimum atomic E-state index is -3.48. The Morgan fingerprint density at radius 2 is 2.07 bits per heavy atom. The van der Waals surface area contributed by atoms with E-state index in [0.29, 0.717) is 0 Å². The van der Waals surface area contributed by atoms with E-state index in [9.17, 15) is 18.1 Å². The lowest BCUT2D eigenvalue weighted by Gasteiger charge is -2.14. The van der Waals surface area contributed by atoms with Crippen LogP contribution in [0.4, 0.5) is 8.78 Å². The van der Waals surface area contributed by atoms with Crippen LogP contribution in [0.3, 0.4) is 0 Å². The van der Waals surface area contributed by atoms with Gasteiger partial charge >= 0.3 is 14.2 Å². The van der Waals surface area contributed by atoms with Crippen LogP contribution in [0.15, 0.2) is 0 Å². The quantitative estimate of drug-likeness (QED) is 0.697. The molecule has 0 aliphatic heterocycles. The Balaban J connectivity index is 4.07. The fourth-order valence-corrected chi connectivity index (χ4v) is 1.06. The average molecular weight is 243 g/mol. The van der Waals surface area contributed by atoms with E-state index in [2.05, 4.69) is 4.52 Å². The molecule has 0 aliphatic rings. The first-order valence-electron chi connectivity index (χ1n) is 4.46. The summed E-state index contributed by atoms with van der Waals surface area (Å²) in [5.41, 5.74) is 0. The number of carbonyl (C=O) groups is 1. The molecule has 88 valence electrons. The lowest BCUT2D eigenvalue weighted by molar-refractivity contribution is -0.146. The van der Waals surface area contributed by atoms with Gasteiger partial charge in [0.1, 0.15) is 0 Å². The molecule has 0 aromatic carbocycles. The molecule has 0 saturated heterocycles. The van der Waals surface area contributed by atoms with E-state index in [1.165, 1.54) is 0 Å². The van der Waals surface area contributed by atoms with Crippen molar-refractivity contribution in [3.05, 3.63) is 0 Å². The lowest BCUT2D eigenvalue weighted by atomic mass is 10.0. The molecular formula is C8H14F2O4P+. The monoisotopic (exact) mass is 243 g/mol. The van der Waals surface area contributed by atoms with Gasteiger partial charge in [-0.25, -0.2) is 0 Å². The van der Waals surface area contributed by atoms with Crippen molar-refractivity contribution in [3.8, 4) is 0 Å². The smallest absolute Gasteiger partial charge is 0.290 e. The maximum Gasteiger partial charge on any atom is 0.695 e. The maximum absolute atomic E-state index is 13.0. The summed E-state index contributed by atoms with van der Waals surface area (Å²) >= 11 is 0. The van der Waals surface area contributed by atoms with E-state index in [-0.39, 0.29) is 12.3 Å². The fraction of sp³-hybridized carbons (Fsp3) is 0.875. The maximum atomic E-state index is 13.0. The van der Waals surface area contributed by atoms with Crippen molar-refractivity contribution < 1.29 is 27.6 Å². The molecule has 0 amide bonds. The molecule has 7 heteroatoms. The van der Waals surface area contributed by atoms with Crippen LogP contribution in [-0.2, 0) is 13.9 Å². The number of halogens is 2. The first-order chi connectivity index (χ1) is 6.75. The van der Waals surface area contributed by atoms with Gasteiger partial charge in [-0.3, -0.25) is 4.79 Å². The molecular weight excluding hydrogens is 229 g/mol. The van der Waals surface area contributed by atoms with Crippen LogP contribution < -0.4 is 0 Å². The van der Waals surface area contributed by atoms with Crippen LogP contribution in [0.25, 0.3) is 0 Å². The normalized spacial score (nSPS) is 13.1. The zero-order valence-corrected chi connectivity index (χ0v) is 9.47. The number of hydrogen-bond acceptors (Lipinski definition) is 3. The predicted molar refractivity (Wildman–Crippen MR) is 49.8 cm³/mol. The summed E-state index contributed by atoms with van der Waals surface area (Å²) in [5, 5.41) is 0. The number of carbonyl (C=O) groups excluding carboxylic acids is 1. The second-order valence-electron chi connectivity index (χ2n) is 3.57. The highest BCUT2D eigenvalue weighted by Gasteiger charge is 2.39. The van der Waals surface area contributed by atoms with E-state index in [0.717, 1.165) is 0 Å². The largest absolute Gasteiger partial charge is 0.695 e. The summed E-state index contributed by atoms with van der Waals surface area (Å²) in [6.07, 6.45) is -0.348. The molecule has 0 aliphatic carbocycles. The van der Waals surface area contributed by atoms with Gasteiger partial charge in [-0.05, 0) is 12.3 Å². The van der Waals surface area contributed by atoms with E-state index in [4.69, 9.17) is 4.89 Å². The van der Waals surface area contributed by atoms with E-state index in [1.807, 2.05) is 0 Å². The van der Waals surface area contributed by atoms with E-state index in [1.54, 1.807) is 13.8 Å². The van der Waals surface area contributed by atoms with Gasteiger partial charge in [0.2, 0.25) is 5.78 Å². The van der Waals surface area contributed by atoms with Crippen molar-refractivity contribution >= 4 is 14.0 Å². The van der Waals surface area contributed by atoms with Gasteiger partial charge in [0, 0.05) is 11.0 Å². The molecule has 0 spiro atoms. The highest BCUT2D eigenvalue weighted by molar-refractivity contribution is 7.32. The molecule has 0 bridgehead atoms. The first-order valence-corrected chi connectivity index (χ1v) is 5.59. The van der Waals surface area contributed by atoms with Gasteiger partial charge in [-0.2, -0.15) is 8.78 Å². The van der Waals surface area contributed by atoms with Crippen LogP contribution in [0, 0.1) is 5.92 Å². The highest BCUT2D eigenvalue weighted by Crippen LogP contribution is 2.25. The Hall–Kier alpha value is -0.450. The zero-order chi connectivity index (χ0) is 12.1. The number of alkyl halides is 2. The lowest BCUT2D eigenvalue weighted by Crippen LogP contribution is -2.31. The number of hydrogen-bond donors (Lipinski definition) is 1. The van der Waals surface area contributed by atoms with Crippen LogP contribution >= 0.6 is 8.25 Å². The first kappa shape index (κ1) is 14.6. The molecule has 0 radical (unpaired) electrons. The Morgan fingerprint density at radius 1 is 1.53 bits per heavy atom. The molecule has 0 rings (SSSR count). The summed E-state index contributed by atoms with van der Waals surface area (Å²) in [5.74, 6) is -4.87. The predicted octanol–water partition coefficient (Wildman–Crippen LogP) is 2.29. The topological polar surface area (TPSA) is 63.6 Å². The Kier molecular flexibility index (Phi) is 6.02. The van der Waals surface area contributed by atoms with Crippen molar-refractivity contribution in [1.82, 2.24) is 0 Å². The van der Waals surface area contributed by atoms with Crippen LogP contribution in [0.5, 0.6) is 0 Å². The Labute approximate surface area is 87.6 Å². The third-order valence-corrected chi connectivity index (χ3v) is 2.10. The number of ketones is 1. The van der Waals surface area contributed by atoms with Crippen LogP contribution in [0.1, 0.15) is 26.7 Å². The standard InChI is InChI=1S/C8H13F2O4P/c1-6(2)3-4-8(9,10)7(11)5-14-15(12)13/h6H,3-5H2,1-2H3/p+1. The Morgan fingerprint density at radius 3 is 2.47 bits per heavy atom. The van der Waals surface area contributed by atoms with E-state index < -0.39 is 33.0 Å². The molecule has 1 N–H and O–H groups in total. The summed E-state index contributed by atoms with van der Waals surface area (Å²) in [7, 11) is -3.01. The molecule has 0 fully saturated rings. The minimum absolute atomic E-state index is 0.0686. The van der Waals surface area contributed by atoms with Crippen molar-refractivity contribution in [2.75, 3.05) is 6.61 Å². The van der Waals surface area contributed by atoms with Gasteiger partial charge in [0.15, 0.2) is 6.61 Å². The molecule has 1 unspecified atom stereocenters.